The van der Waals surface area contributed by atoms with Crippen LogP contribution >= 0.6 is 11.8 Å². The first-order valence-corrected chi connectivity index (χ1v) is 8.49. The van der Waals surface area contributed by atoms with Crippen LogP contribution in [0.5, 0.6) is 5.75 Å². The van der Waals surface area contributed by atoms with Gasteiger partial charge < -0.3 is 14.6 Å². The highest BCUT2D eigenvalue weighted by molar-refractivity contribution is 8.00. The highest BCUT2D eigenvalue weighted by atomic mass is 32.2. The fourth-order valence-electron chi connectivity index (χ4n) is 2.52. The Labute approximate surface area is 155 Å². The Hall–Kier alpha value is -3.01. The van der Waals surface area contributed by atoms with Crippen LogP contribution < -0.4 is 14.7 Å². The second kappa shape index (κ2) is 7.70. The zero-order valence-electron chi connectivity index (χ0n) is 13.5. The molecule has 7 nitrogen and oxygen atoms in total. The van der Waals surface area contributed by atoms with E-state index in [-0.39, 0.29) is 28.4 Å². The molecule has 2 aromatic rings. The molecule has 0 radical (unpaired) electrons. The number of halogens is 2. The number of ether oxygens (including phenoxy) is 1. The lowest BCUT2D eigenvalue weighted by atomic mass is 10.3. The summed E-state index contributed by atoms with van der Waals surface area (Å²) in [7, 11) is 0. The molecule has 1 saturated heterocycles. The number of carbonyl (C=O) groups excluding carboxylic acids is 3. The number of aromatic carboxylic acids is 1. The maximum atomic E-state index is 12.6. The molecule has 1 aromatic carbocycles. The van der Waals surface area contributed by atoms with Gasteiger partial charge in [-0.2, -0.15) is 8.78 Å². The average Bonchev–Trinajstić information content (AvgIpc) is 2.89. The Kier molecular flexibility index (Phi) is 5.36. The molecule has 27 heavy (non-hydrogen) atoms. The van der Waals surface area contributed by atoms with Gasteiger partial charge in [-0.1, -0.05) is 11.8 Å². The highest BCUT2D eigenvalue weighted by Gasteiger charge is 2.40. The van der Waals surface area contributed by atoms with Crippen LogP contribution in [0.4, 0.5) is 14.5 Å². The predicted molar refractivity (Wildman–Crippen MR) is 88.4 cm³/mol. The number of alkyl halides is 2. The molecule has 0 unspecified atom stereocenters. The lowest BCUT2D eigenvalue weighted by Crippen LogP contribution is -2.31. The third-order valence-corrected chi connectivity index (χ3v) is 4.87. The molecule has 0 spiro atoms. The summed E-state index contributed by atoms with van der Waals surface area (Å²) in [5, 5.41) is 10.4. The maximum absolute atomic E-state index is 12.6. The number of anilines is 1. The first kappa shape index (κ1) is 18.8. The Morgan fingerprint density at radius 1 is 1.26 bits per heavy atom. The number of aromatic nitrogens is 1. The molecule has 1 atom stereocenters. The predicted octanol–water partition coefficient (Wildman–Crippen LogP) is 1.47. The van der Waals surface area contributed by atoms with E-state index in [0.29, 0.717) is 0 Å². The third-order valence-electron chi connectivity index (χ3n) is 3.67. The van der Waals surface area contributed by atoms with Crippen molar-refractivity contribution in [1.82, 2.24) is 4.98 Å². The molecule has 0 N–H and O–H groups in total. The Morgan fingerprint density at radius 3 is 2.59 bits per heavy atom. The number of rotatable bonds is 6. The number of hydrogen-bond donors (Lipinski definition) is 0. The average molecular weight is 393 g/mol. The summed E-state index contributed by atoms with van der Waals surface area (Å²) in [5.41, 5.74) is 0.0329. The van der Waals surface area contributed by atoms with Gasteiger partial charge in [0.15, 0.2) is 0 Å². The van der Waals surface area contributed by atoms with Crippen molar-refractivity contribution >= 4 is 35.2 Å². The zero-order chi connectivity index (χ0) is 19.6. The molecule has 1 aliphatic heterocycles. The number of carboxylic acids is 1. The number of imide groups is 1. The minimum Gasteiger partial charge on any atom is -0.545 e. The molecule has 0 bridgehead atoms. The van der Waals surface area contributed by atoms with Gasteiger partial charge in [-0.3, -0.25) is 9.59 Å². The standard InChI is InChI=1S/C17H12F2N2O5S/c18-17(19)26-10-5-3-9(4-6-10)21-13(22)8-12(15(21)23)27-14-11(16(24)25)2-1-7-20-14/h1-7,12,17H,8H2,(H,24,25)/p-1/t12-/m1/s1. The topological polar surface area (TPSA) is 99.6 Å². The SMILES string of the molecule is O=C([O-])c1cccnc1S[C@@H]1CC(=O)N(c2ccc(OC(F)F)cc2)C1=O. The van der Waals surface area contributed by atoms with Crippen LogP contribution in [0.1, 0.15) is 16.8 Å². The van der Waals surface area contributed by atoms with Crippen LogP contribution in [0.25, 0.3) is 0 Å². The molecule has 2 heterocycles. The van der Waals surface area contributed by atoms with Crippen molar-refractivity contribution in [2.24, 2.45) is 0 Å². The van der Waals surface area contributed by atoms with E-state index in [1.54, 1.807) is 0 Å². The van der Waals surface area contributed by atoms with Crippen molar-refractivity contribution in [2.45, 2.75) is 23.3 Å². The van der Waals surface area contributed by atoms with Gasteiger partial charge in [0.25, 0.3) is 0 Å². The Bertz CT molecular complexity index is 891. The second-order valence-corrected chi connectivity index (χ2v) is 6.59. The molecule has 3 rings (SSSR count). The highest BCUT2D eigenvalue weighted by Crippen LogP contribution is 2.34. The van der Waals surface area contributed by atoms with E-state index >= 15 is 0 Å². The molecular formula is C17H11F2N2O5S-. The van der Waals surface area contributed by atoms with E-state index in [0.717, 1.165) is 16.7 Å². The largest absolute Gasteiger partial charge is 0.545 e. The smallest absolute Gasteiger partial charge is 0.387 e. The van der Waals surface area contributed by atoms with Crippen LogP contribution in [0.3, 0.4) is 0 Å². The summed E-state index contributed by atoms with van der Waals surface area (Å²) in [6, 6.07) is 7.78. The Morgan fingerprint density at radius 2 is 1.96 bits per heavy atom. The minimum absolute atomic E-state index is 0.0752. The van der Waals surface area contributed by atoms with E-state index in [1.807, 2.05) is 0 Å². The van der Waals surface area contributed by atoms with E-state index in [2.05, 4.69) is 9.72 Å². The summed E-state index contributed by atoms with van der Waals surface area (Å²) >= 11 is 0.860. The zero-order valence-corrected chi connectivity index (χ0v) is 14.3. The maximum Gasteiger partial charge on any atom is 0.387 e. The van der Waals surface area contributed by atoms with E-state index in [1.165, 1.54) is 42.6 Å². The number of thioether (sulfide) groups is 1. The van der Waals surface area contributed by atoms with Gasteiger partial charge in [0.1, 0.15) is 10.8 Å². The van der Waals surface area contributed by atoms with E-state index in [4.69, 9.17) is 0 Å². The monoisotopic (exact) mass is 393 g/mol. The van der Waals surface area contributed by atoms with Crippen molar-refractivity contribution in [3.63, 3.8) is 0 Å². The number of hydrogen-bond acceptors (Lipinski definition) is 7. The van der Waals surface area contributed by atoms with Crippen LogP contribution in [-0.4, -0.2) is 34.6 Å². The molecule has 2 amide bonds. The van der Waals surface area contributed by atoms with Crippen molar-refractivity contribution in [2.75, 3.05) is 4.90 Å². The third kappa shape index (κ3) is 4.05. The molecule has 1 aromatic heterocycles. The van der Waals surface area contributed by atoms with Crippen molar-refractivity contribution < 1.29 is 33.0 Å². The first-order valence-electron chi connectivity index (χ1n) is 7.61. The summed E-state index contributed by atoms with van der Waals surface area (Å²) in [6.07, 6.45) is 1.22. The van der Waals surface area contributed by atoms with Gasteiger partial charge in [-0.25, -0.2) is 9.88 Å². The molecule has 10 heteroatoms. The quantitative estimate of drug-likeness (QED) is 0.685. The first-order chi connectivity index (χ1) is 12.9. The van der Waals surface area contributed by atoms with Gasteiger partial charge >= 0.3 is 6.61 Å². The molecule has 1 aliphatic rings. The van der Waals surface area contributed by atoms with Gasteiger partial charge in [0.2, 0.25) is 11.8 Å². The number of amides is 2. The molecule has 0 aliphatic carbocycles. The summed E-state index contributed by atoms with van der Waals surface area (Å²) in [4.78, 5) is 40.9. The number of benzene rings is 1. The molecule has 0 saturated carbocycles. The van der Waals surface area contributed by atoms with Crippen molar-refractivity contribution in [3.05, 3.63) is 48.2 Å². The molecule has 1 fully saturated rings. The normalized spacial score (nSPS) is 16.9. The van der Waals surface area contributed by atoms with Gasteiger partial charge in [0.05, 0.1) is 16.9 Å². The van der Waals surface area contributed by atoms with Gasteiger partial charge in [0, 0.05) is 18.2 Å². The number of nitrogens with zero attached hydrogens (tertiary/aromatic N) is 2. The fraction of sp³-hybridized carbons (Fsp3) is 0.176. The number of pyridine rings is 1. The molecule has 140 valence electrons. The molecular weight excluding hydrogens is 382 g/mol. The summed E-state index contributed by atoms with van der Waals surface area (Å²) < 4.78 is 28.6. The van der Waals surface area contributed by atoms with Gasteiger partial charge in [-0.15, -0.1) is 0 Å². The second-order valence-electron chi connectivity index (χ2n) is 5.39. The van der Waals surface area contributed by atoms with Crippen LogP contribution in [0.15, 0.2) is 47.6 Å². The Balaban J connectivity index is 1.78. The van der Waals surface area contributed by atoms with Crippen LogP contribution in [0.2, 0.25) is 0 Å². The van der Waals surface area contributed by atoms with Crippen LogP contribution in [-0.2, 0) is 9.59 Å². The lowest BCUT2D eigenvalue weighted by Gasteiger charge is -2.16. The summed E-state index contributed by atoms with van der Waals surface area (Å²) in [5.74, 6) is -2.59. The van der Waals surface area contributed by atoms with Crippen molar-refractivity contribution in [3.8, 4) is 5.75 Å². The summed E-state index contributed by atoms with van der Waals surface area (Å²) in [6.45, 7) is -2.98. The lowest BCUT2D eigenvalue weighted by molar-refractivity contribution is -0.255. The minimum atomic E-state index is -2.98. The van der Waals surface area contributed by atoms with E-state index in [9.17, 15) is 28.3 Å². The fourth-order valence-corrected chi connectivity index (χ4v) is 3.62. The van der Waals surface area contributed by atoms with E-state index < -0.39 is 29.6 Å². The van der Waals surface area contributed by atoms with Crippen molar-refractivity contribution in [1.29, 1.82) is 0 Å². The number of carboxylic acid groups (broad SMARTS) is 1. The number of carbonyl (C=O) groups is 3. The van der Waals surface area contributed by atoms with Gasteiger partial charge in [-0.05, 0) is 36.4 Å². The van der Waals surface area contributed by atoms with Crippen LogP contribution in [0, 0.1) is 0 Å².